The molecule has 0 aromatic carbocycles. The Bertz CT molecular complexity index is 171. The molecule has 0 aromatic heterocycles. The second-order valence-electron chi connectivity index (χ2n) is 3.02. The quantitative estimate of drug-likeness (QED) is 0.340. The Labute approximate surface area is 85.0 Å². The fraction of sp³-hybridized carbons (Fsp3) is 0.700. The Hall–Kier alpha value is -0.870. The Morgan fingerprint density at radius 1 is 1.64 bits per heavy atom. The van der Waals surface area contributed by atoms with Gasteiger partial charge in [0.15, 0.2) is 0 Å². The molecule has 4 heteroatoms. The number of nitrogens with one attached hydrogen (secondary N) is 1. The third-order valence-corrected chi connectivity index (χ3v) is 1.94. The van der Waals surface area contributed by atoms with Crippen LogP contribution < -0.4 is 5.32 Å². The van der Waals surface area contributed by atoms with E-state index in [-0.39, 0.29) is 25.2 Å². The number of carbonyl (C=O) groups is 1. The van der Waals surface area contributed by atoms with Crippen molar-refractivity contribution in [3.05, 3.63) is 12.7 Å². The number of carbonyl (C=O) groups excluding carboxylic acids is 1. The summed E-state index contributed by atoms with van der Waals surface area (Å²) in [4.78, 5) is 10.8. The molecular formula is C10H19NO3. The van der Waals surface area contributed by atoms with Gasteiger partial charge in [-0.1, -0.05) is 6.08 Å². The molecule has 0 radical (unpaired) electrons. The molecule has 0 saturated carbocycles. The van der Waals surface area contributed by atoms with E-state index in [1.807, 2.05) is 0 Å². The number of hydrogen-bond donors (Lipinski definition) is 2. The van der Waals surface area contributed by atoms with Gasteiger partial charge in [-0.25, -0.2) is 0 Å². The fourth-order valence-corrected chi connectivity index (χ4v) is 1.07. The molecule has 0 heterocycles. The topological polar surface area (TPSA) is 58.6 Å². The fourth-order valence-electron chi connectivity index (χ4n) is 1.07. The number of aliphatic hydroxyl groups excluding tert-OH is 1. The lowest BCUT2D eigenvalue weighted by molar-refractivity contribution is -0.139. The largest absolute Gasteiger partial charge is 0.468 e. The van der Waals surface area contributed by atoms with E-state index in [0.717, 1.165) is 19.3 Å². The van der Waals surface area contributed by atoms with Crippen LogP contribution in [0.25, 0.3) is 0 Å². The summed E-state index contributed by atoms with van der Waals surface area (Å²) in [6.07, 6.45) is 4.34. The van der Waals surface area contributed by atoms with Crippen molar-refractivity contribution >= 4 is 5.97 Å². The van der Waals surface area contributed by atoms with Gasteiger partial charge in [-0.15, -0.1) is 6.58 Å². The Morgan fingerprint density at radius 3 is 2.86 bits per heavy atom. The van der Waals surface area contributed by atoms with Gasteiger partial charge in [0.25, 0.3) is 0 Å². The first-order valence-corrected chi connectivity index (χ1v) is 4.78. The highest BCUT2D eigenvalue weighted by atomic mass is 16.5. The summed E-state index contributed by atoms with van der Waals surface area (Å²) < 4.78 is 4.50. The summed E-state index contributed by atoms with van der Waals surface area (Å²) in [6, 6.07) is 0.112. The number of methoxy groups -OCH3 is 1. The molecule has 0 spiro atoms. The molecule has 1 unspecified atom stereocenters. The van der Waals surface area contributed by atoms with Crippen LogP contribution in [0.4, 0.5) is 0 Å². The molecule has 0 aliphatic carbocycles. The van der Waals surface area contributed by atoms with Crippen LogP contribution in [0.5, 0.6) is 0 Å². The van der Waals surface area contributed by atoms with Crippen LogP contribution in [0.1, 0.15) is 19.3 Å². The zero-order chi connectivity index (χ0) is 10.8. The minimum atomic E-state index is -0.279. The molecule has 0 aromatic rings. The van der Waals surface area contributed by atoms with E-state index in [9.17, 15) is 4.79 Å². The normalized spacial score (nSPS) is 12.1. The van der Waals surface area contributed by atoms with Crippen molar-refractivity contribution < 1.29 is 14.6 Å². The summed E-state index contributed by atoms with van der Waals surface area (Å²) in [5.74, 6) is -0.279. The van der Waals surface area contributed by atoms with E-state index in [1.165, 1.54) is 7.11 Å². The first-order chi connectivity index (χ1) is 6.74. The third kappa shape index (κ3) is 6.62. The van der Waals surface area contributed by atoms with Gasteiger partial charge >= 0.3 is 5.97 Å². The second-order valence-corrected chi connectivity index (χ2v) is 3.02. The molecule has 0 fully saturated rings. The van der Waals surface area contributed by atoms with Gasteiger partial charge in [-0.05, 0) is 19.3 Å². The maximum atomic E-state index is 10.8. The summed E-state index contributed by atoms with van der Waals surface area (Å²) >= 11 is 0. The average Bonchev–Trinajstić information content (AvgIpc) is 2.22. The maximum Gasteiger partial charge on any atom is 0.319 e. The zero-order valence-electron chi connectivity index (χ0n) is 8.66. The second kappa shape index (κ2) is 8.72. The first-order valence-electron chi connectivity index (χ1n) is 4.78. The summed E-state index contributed by atoms with van der Waals surface area (Å²) in [6.45, 7) is 4.08. The molecule has 0 aliphatic heterocycles. The van der Waals surface area contributed by atoms with Crippen LogP contribution in [0.3, 0.4) is 0 Å². The average molecular weight is 201 g/mol. The van der Waals surface area contributed by atoms with Crippen LogP contribution in [0.2, 0.25) is 0 Å². The van der Waals surface area contributed by atoms with Crippen LogP contribution >= 0.6 is 0 Å². The van der Waals surface area contributed by atoms with Gasteiger partial charge in [-0.2, -0.15) is 0 Å². The van der Waals surface area contributed by atoms with Gasteiger partial charge in [0.2, 0.25) is 0 Å². The lowest BCUT2D eigenvalue weighted by Gasteiger charge is -2.12. The number of rotatable bonds is 8. The highest BCUT2D eigenvalue weighted by Gasteiger charge is 2.05. The van der Waals surface area contributed by atoms with Gasteiger partial charge < -0.3 is 15.2 Å². The number of unbranched alkanes of at least 4 members (excludes halogenated alkanes) is 1. The predicted molar refractivity (Wildman–Crippen MR) is 54.9 cm³/mol. The van der Waals surface area contributed by atoms with Crippen molar-refractivity contribution in [1.29, 1.82) is 0 Å². The molecule has 0 rings (SSSR count). The molecule has 0 bridgehead atoms. The van der Waals surface area contributed by atoms with Crippen LogP contribution in [0.15, 0.2) is 12.7 Å². The van der Waals surface area contributed by atoms with Crippen molar-refractivity contribution in [3.63, 3.8) is 0 Å². The molecular weight excluding hydrogens is 182 g/mol. The van der Waals surface area contributed by atoms with Gasteiger partial charge in [0.05, 0.1) is 13.7 Å². The van der Waals surface area contributed by atoms with E-state index in [2.05, 4.69) is 16.6 Å². The Morgan fingerprint density at radius 2 is 2.36 bits per heavy atom. The van der Waals surface area contributed by atoms with Gasteiger partial charge in [-0.3, -0.25) is 4.79 Å². The number of ether oxygens (including phenoxy) is 1. The third-order valence-electron chi connectivity index (χ3n) is 1.94. The molecule has 2 N–H and O–H groups in total. The lowest BCUT2D eigenvalue weighted by Crippen LogP contribution is -2.32. The van der Waals surface area contributed by atoms with Crippen molar-refractivity contribution in [2.24, 2.45) is 0 Å². The predicted octanol–water partition coefficient (Wildman–Crippen LogP) is 0.466. The molecule has 0 aliphatic rings. The highest BCUT2D eigenvalue weighted by molar-refractivity contribution is 5.71. The Kier molecular flexibility index (Phi) is 8.17. The van der Waals surface area contributed by atoms with E-state index in [1.54, 1.807) is 6.08 Å². The maximum absolute atomic E-state index is 10.8. The molecule has 82 valence electrons. The smallest absolute Gasteiger partial charge is 0.319 e. The van der Waals surface area contributed by atoms with Crippen molar-refractivity contribution in [3.8, 4) is 0 Å². The molecule has 0 amide bonds. The molecule has 4 nitrogen and oxygen atoms in total. The highest BCUT2D eigenvalue weighted by Crippen LogP contribution is 2.01. The molecule has 1 atom stereocenters. The Balaban J connectivity index is 3.57. The van der Waals surface area contributed by atoms with Crippen molar-refractivity contribution in [2.45, 2.75) is 25.3 Å². The number of hydrogen-bond acceptors (Lipinski definition) is 4. The van der Waals surface area contributed by atoms with E-state index in [0.29, 0.717) is 0 Å². The van der Waals surface area contributed by atoms with Crippen molar-refractivity contribution in [2.75, 3.05) is 20.3 Å². The van der Waals surface area contributed by atoms with Crippen LogP contribution in [-0.2, 0) is 9.53 Å². The number of esters is 1. The summed E-state index contributed by atoms with van der Waals surface area (Å²) in [7, 11) is 1.36. The first kappa shape index (κ1) is 13.1. The minimum Gasteiger partial charge on any atom is -0.468 e. The standard InChI is InChI=1S/C10H19NO3/c1-3-9(6-4-5-7-12)11-8-10(13)14-2/h3,9,11-12H,1,4-8H2,2H3. The minimum absolute atomic E-state index is 0.112. The van der Waals surface area contributed by atoms with Gasteiger partial charge in [0, 0.05) is 12.6 Å². The zero-order valence-corrected chi connectivity index (χ0v) is 8.66. The monoisotopic (exact) mass is 201 g/mol. The van der Waals surface area contributed by atoms with Gasteiger partial charge in [0.1, 0.15) is 0 Å². The molecule has 0 saturated heterocycles. The van der Waals surface area contributed by atoms with E-state index >= 15 is 0 Å². The molecule has 14 heavy (non-hydrogen) atoms. The van der Waals surface area contributed by atoms with Crippen LogP contribution in [-0.4, -0.2) is 37.4 Å². The lowest BCUT2D eigenvalue weighted by atomic mass is 10.1. The number of aliphatic hydroxyl groups is 1. The van der Waals surface area contributed by atoms with E-state index < -0.39 is 0 Å². The summed E-state index contributed by atoms with van der Waals surface area (Å²) in [5.41, 5.74) is 0. The van der Waals surface area contributed by atoms with Crippen molar-refractivity contribution in [1.82, 2.24) is 5.32 Å². The summed E-state index contributed by atoms with van der Waals surface area (Å²) in [5, 5.41) is 11.6. The van der Waals surface area contributed by atoms with Crippen LogP contribution in [0, 0.1) is 0 Å². The van der Waals surface area contributed by atoms with E-state index in [4.69, 9.17) is 5.11 Å². The SMILES string of the molecule is C=CC(CCCCO)NCC(=O)OC.